The number of carbonyl (C=O) groups is 2. The maximum absolute atomic E-state index is 12.7. The van der Waals surface area contributed by atoms with Gasteiger partial charge in [0.05, 0.1) is 11.1 Å². The molecule has 0 saturated carbocycles. The van der Waals surface area contributed by atoms with Crippen molar-refractivity contribution < 1.29 is 22.8 Å². The zero-order valence-electron chi connectivity index (χ0n) is 21.2. The first kappa shape index (κ1) is 26.4. The Morgan fingerprint density at radius 1 is 1.03 bits per heavy atom. The van der Waals surface area contributed by atoms with Crippen LogP contribution in [0.2, 0.25) is 0 Å². The predicted octanol–water partition coefficient (Wildman–Crippen LogP) is 5.57. The Morgan fingerprint density at radius 2 is 1.76 bits per heavy atom. The van der Waals surface area contributed by atoms with Crippen molar-refractivity contribution >= 4 is 34.2 Å². The summed E-state index contributed by atoms with van der Waals surface area (Å²) in [6, 6.07) is 14.3. The number of hydrogen-bond acceptors (Lipinski definition) is 4. The molecule has 0 spiro atoms. The molecule has 1 fully saturated rings. The molecule has 1 saturated heterocycles. The molecule has 2 N–H and O–H groups in total. The van der Waals surface area contributed by atoms with Crippen molar-refractivity contribution in [3.8, 4) is 0 Å². The fourth-order valence-corrected chi connectivity index (χ4v) is 4.20. The molecule has 9 heteroatoms. The summed E-state index contributed by atoms with van der Waals surface area (Å²) in [6.45, 7) is 7.20. The van der Waals surface area contributed by atoms with E-state index in [1.807, 2.05) is 45.0 Å². The van der Waals surface area contributed by atoms with Gasteiger partial charge in [-0.25, -0.2) is 4.98 Å². The third kappa shape index (κ3) is 6.78. The molecule has 0 bridgehead atoms. The van der Waals surface area contributed by atoms with Gasteiger partial charge < -0.3 is 15.5 Å². The number of anilines is 2. The van der Waals surface area contributed by atoms with Crippen molar-refractivity contribution in [3.63, 3.8) is 0 Å². The Hall–Kier alpha value is -3.62. The molecule has 1 atom stereocenters. The topological polar surface area (TPSA) is 74.3 Å². The van der Waals surface area contributed by atoms with Gasteiger partial charge in [0.1, 0.15) is 5.82 Å². The normalized spacial score (nSPS) is 16.2. The molecule has 1 aromatic heterocycles. The molecular formula is C28H31F3N4O2. The van der Waals surface area contributed by atoms with Crippen LogP contribution in [-0.4, -0.2) is 35.9 Å². The SMILES string of the molecule is CC(C)(C)C(=O)N[C@H]1CCN(c2ccc3cc(NC(=O)CCc4ccc(C(F)(F)F)cc4)ccc3n2)C1. The fraction of sp³-hybridized carbons (Fsp3) is 0.393. The number of pyridine rings is 1. The van der Waals surface area contributed by atoms with Crippen LogP contribution in [0.15, 0.2) is 54.6 Å². The molecule has 37 heavy (non-hydrogen) atoms. The van der Waals surface area contributed by atoms with Crippen LogP contribution >= 0.6 is 0 Å². The Balaban J connectivity index is 1.33. The number of nitrogens with zero attached hydrogens (tertiary/aromatic N) is 2. The summed E-state index contributed by atoms with van der Waals surface area (Å²) in [6.07, 6.45) is -3.01. The van der Waals surface area contributed by atoms with Gasteiger partial charge in [-0.2, -0.15) is 13.2 Å². The van der Waals surface area contributed by atoms with Crippen molar-refractivity contribution in [1.29, 1.82) is 0 Å². The number of hydrogen-bond donors (Lipinski definition) is 2. The lowest BCUT2D eigenvalue weighted by Gasteiger charge is -2.22. The van der Waals surface area contributed by atoms with E-state index in [0.717, 1.165) is 41.8 Å². The first-order chi connectivity index (χ1) is 17.4. The van der Waals surface area contributed by atoms with E-state index in [-0.39, 0.29) is 24.3 Å². The van der Waals surface area contributed by atoms with E-state index < -0.39 is 17.2 Å². The molecule has 2 amide bonds. The molecule has 196 valence electrons. The third-order valence-corrected chi connectivity index (χ3v) is 6.41. The minimum absolute atomic E-state index is 0.0414. The van der Waals surface area contributed by atoms with E-state index in [9.17, 15) is 22.8 Å². The Bertz CT molecular complexity index is 1280. The smallest absolute Gasteiger partial charge is 0.354 e. The van der Waals surface area contributed by atoms with E-state index in [2.05, 4.69) is 15.5 Å². The molecule has 3 aromatic rings. The summed E-state index contributed by atoms with van der Waals surface area (Å²) in [5.74, 6) is 0.664. The van der Waals surface area contributed by atoms with Crippen molar-refractivity contribution in [2.75, 3.05) is 23.3 Å². The lowest BCUT2D eigenvalue weighted by atomic mass is 9.95. The minimum atomic E-state index is -4.37. The van der Waals surface area contributed by atoms with Crippen LogP contribution in [0.1, 0.15) is 44.7 Å². The molecule has 0 radical (unpaired) electrons. The lowest BCUT2D eigenvalue weighted by molar-refractivity contribution is -0.137. The molecule has 4 rings (SSSR count). The molecule has 6 nitrogen and oxygen atoms in total. The van der Waals surface area contributed by atoms with Crippen LogP contribution in [0.3, 0.4) is 0 Å². The quantitative estimate of drug-likeness (QED) is 0.453. The first-order valence-corrected chi connectivity index (χ1v) is 12.3. The summed E-state index contributed by atoms with van der Waals surface area (Å²) in [7, 11) is 0. The predicted molar refractivity (Wildman–Crippen MR) is 138 cm³/mol. The van der Waals surface area contributed by atoms with Crippen LogP contribution in [0.25, 0.3) is 10.9 Å². The summed E-state index contributed by atoms with van der Waals surface area (Å²) >= 11 is 0. The van der Waals surface area contributed by atoms with Gasteiger partial charge in [0.25, 0.3) is 0 Å². The maximum atomic E-state index is 12.7. The zero-order chi connectivity index (χ0) is 26.8. The van der Waals surface area contributed by atoms with Crippen LogP contribution in [0.4, 0.5) is 24.7 Å². The molecule has 1 aliphatic heterocycles. The first-order valence-electron chi connectivity index (χ1n) is 12.3. The standard InChI is InChI=1S/C28H31F3N4O2/c1-27(2,3)26(37)33-22-14-15-35(17-22)24-12-7-19-16-21(10-11-23(19)34-24)32-25(36)13-6-18-4-8-20(9-5-18)28(29,30)31/h4-5,7-12,16,22H,6,13-15,17H2,1-3H3,(H,32,36)(H,33,37)/t22-/m0/s1. The average molecular weight is 513 g/mol. The van der Waals surface area contributed by atoms with E-state index in [4.69, 9.17) is 4.98 Å². The minimum Gasteiger partial charge on any atom is -0.354 e. The van der Waals surface area contributed by atoms with Gasteiger partial charge in [0.2, 0.25) is 11.8 Å². The van der Waals surface area contributed by atoms with Gasteiger partial charge in [0.15, 0.2) is 0 Å². The average Bonchev–Trinajstić information content (AvgIpc) is 3.30. The number of aromatic nitrogens is 1. The summed E-state index contributed by atoms with van der Waals surface area (Å²) < 4.78 is 38.1. The molecule has 2 aromatic carbocycles. The summed E-state index contributed by atoms with van der Waals surface area (Å²) in [4.78, 5) is 31.6. The highest BCUT2D eigenvalue weighted by atomic mass is 19.4. The second-order valence-electron chi connectivity index (χ2n) is 10.5. The van der Waals surface area contributed by atoms with Gasteiger partial charge in [-0.05, 0) is 60.9 Å². The highest BCUT2D eigenvalue weighted by Gasteiger charge is 2.30. The highest BCUT2D eigenvalue weighted by Crippen LogP contribution is 2.29. The maximum Gasteiger partial charge on any atom is 0.416 e. The van der Waals surface area contributed by atoms with Crippen LogP contribution in [0.5, 0.6) is 0 Å². The van der Waals surface area contributed by atoms with Crippen LogP contribution in [0, 0.1) is 5.41 Å². The van der Waals surface area contributed by atoms with Gasteiger partial charge in [0, 0.05) is 42.0 Å². The number of halogens is 3. The van der Waals surface area contributed by atoms with Crippen molar-refractivity contribution in [3.05, 3.63) is 65.7 Å². The van der Waals surface area contributed by atoms with E-state index in [1.165, 1.54) is 12.1 Å². The van der Waals surface area contributed by atoms with Gasteiger partial charge in [-0.15, -0.1) is 0 Å². The Labute approximate surface area is 214 Å². The number of aryl methyl sites for hydroxylation is 1. The highest BCUT2D eigenvalue weighted by molar-refractivity contribution is 5.94. The number of alkyl halides is 3. The molecule has 2 heterocycles. The Morgan fingerprint density at radius 3 is 2.43 bits per heavy atom. The lowest BCUT2D eigenvalue weighted by Crippen LogP contribution is -2.43. The number of amides is 2. The second kappa shape index (κ2) is 10.4. The largest absolute Gasteiger partial charge is 0.416 e. The molecular weight excluding hydrogens is 481 g/mol. The second-order valence-corrected chi connectivity index (χ2v) is 10.5. The van der Waals surface area contributed by atoms with Crippen molar-refractivity contribution in [2.45, 2.75) is 52.3 Å². The molecule has 0 aliphatic carbocycles. The van der Waals surface area contributed by atoms with Crippen LogP contribution < -0.4 is 15.5 Å². The Kier molecular flexibility index (Phi) is 7.43. The van der Waals surface area contributed by atoms with E-state index in [0.29, 0.717) is 24.2 Å². The van der Waals surface area contributed by atoms with Gasteiger partial charge >= 0.3 is 6.18 Å². The van der Waals surface area contributed by atoms with Crippen molar-refractivity contribution in [1.82, 2.24) is 10.3 Å². The van der Waals surface area contributed by atoms with Crippen molar-refractivity contribution in [2.24, 2.45) is 5.41 Å². The third-order valence-electron chi connectivity index (χ3n) is 6.41. The number of benzene rings is 2. The van der Waals surface area contributed by atoms with Gasteiger partial charge in [-0.3, -0.25) is 9.59 Å². The summed E-state index contributed by atoms with van der Waals surface area (Å²) in [5, 5.41) is 6.84. The van der Waals surface area contributed by atoms with Gasteiger partial charge in [-0.1, -0.05) is 32.9 Å². The van der Waals surface area contributed by atoms with E-state index >= 15 is 0 Å². The zero-order valence-corrected chi connectivity index (χ0v) is 21.2. The van der Waals surface area contributed by atoms with Crippen LogP contribution in [-0.2, 0) is 22.2 Å². The van der Waals surface area contributed by atoms with E-state index in [1.54, 1.807) is 6.07 Å². The summed E-state index contributed by atoms with van der Waals surface area (Å²) in [5.41, 5.74) is 0.961. The number of fused-ring (bicyclic) bond motifs is 1. The monoisotopic (exact) mass is 512 g/mol. The molecule has 1 aliphatic rings. The number of nitrogens with one attached hydrogen (secondary N) is 2. The number of carbonyl (C=O) groups excluding carboxylic acids is 2. The number of rotatable bonds is 6. The molecule has 0 unspecified atom stereocenters. The fourth-order valence-electron chi connectivity index (χ4n) is 4.20.